The van der Waals surface area contributed by atoms with E-state index in [4.69, 9.17) is 5.73 Å². The number of nitrogen functional groups attached to an aromatic ring is 1. The summed E-state index contributed by atoms with van der Waals surface area (Å²) in [6.07, 6.45) is 1.16. The first-order chi connectivity index (χ1) is 9.70. The predicted molar refractivity (Wildman–Crippen MR) is 86.4 cm³/mol. The normalized spacial score (nSPS) is 12.6. The van der Waals surface area contributed by atoms with Crippen LogP contribution in [-0.4, -0.2) is 11.4 Å². The van der Waals surface area contributed by atoms with E-state index in [0.29, 0.717) is 6.04 Å². The van der Waals surface area contributed by atoms with E-state index in [1.54, 1.807) is 0 Å². The molecule has 0 aliphatic rings. The molecule has 2 aromatic rings. The molecule has 0 saturated heterocycles. The molecule has 0 heterocycles. The molecular formula is C18H24N2. The Bertz CT molecular complexity index is 505. The summed E-state index contributed by atoms with van der Waals surface area (Å²) >= 11 is 0. The van der Waals surface area contributed by atoms with Crippen LogP contribution in [0.15, 0.2) is 54.6 Å². The van der Waals surface area contributed by atoms with Crippen LogP contribution in [0.5, 0.6) is 0 Å². The van der Waals surface area contributed by atoms with E-state index in [0.717, 1.165) is 25.2 Å². The molecule has 0 fully saturated rings. The van der Waals surface area contributed by atoms with E-state index in [-0.39, 0.29) is 0 Å². The molecule has 0 aliphatic carbocycles. The second-order valence-electron chi connectivity index (χ2n) is 5.30. The zero-order valence-electron chi connectivity index (χ0n) is 12.4. The highest BCUT2D eigenvalue weighted by Crippen LogP contribution is 2.22. The van der Waals surface area contributed by atoms with Gasteiger partial charge >= 0.3 is 0 Å². The first kappa shape index (κ1) is 14.6. The minimum Gasteiger partial charge on any atom is -0.399 e. The summed E-state index contributed by atoms with van der Waals surface area (Å²) in [6, 6.07) is 19.3. The molecule has 1 atom stereocenters. The Morgan fingerprint density at radius 1 is 1.00 bits per heavy atom. The van der Waals surface area contributed by atoms with Gasteiger partial charge in [-0.3, -0.25) is 4.90 Å². The van der Waals surface area contributed by atoms with E-state index in [1.165, 1.54) is 11.1 Å². The molecule has 0 spiro atoms. The zero-order chi connectivity index (χ0) is 14.4. The van der Waals surface area contributed by atoms with E-state index < -0.39 is 0 Å². The van der Waals surface area contributed by atoms with Crippen molar-refractivity contribution < 1.29 is 0 Å². The van der Waals surface area contributed by atoms with Crippen molar-refractivity contribution in [3.05, 3.63) is 65.7 Å². The van der Waals surface area contributed by atoms with Gasteiger partial charge in [0.15, 0.2) is 0 Å². The fourth-order valence-corrected chi connectivity index (χ4v) is 2.50. The molecule has 0 amide bonds. The van der Waals surface area contributed by atoms with Crippen LogP contribution in [0.3, 0.4) is 0 Å². The zero-order valence-corrected chi connectivity index (χ0v) is 12.4. The van der Waals surface area contributed by atoms with Gasteiger partial charge in [-0.1, -0.05) is 49.4 Å². The van der Waals surface area contributed by atoms with E-state index in [9.17, 15) is 0 Å². The summed E-state index contributed by atoms with van der Waals surface area (Å²) in [6.45, 7) is 6.57. The third-order valence-corrected chi connectivity index (χ3v) is 3.71. The van der Waals surface area contributed by atoms with Crippen molar-refractivity contribution in [1.82, 2.24) is 4.90 Å². The van der Waals surface area contributed by atoms with E-state index >= 15 is 0 Å². The molecule has 2 heteroatoms. The van der Waals surface area contributed by atoms with Gasteiger partial charge < -0.3 is 5.73 Å². The van der Waals surface area contributed by atoms with Crippen molar-refractivity contribution in [3.8, 4) is 0 Å². The second-order valence-corrected chi connectivity index (χ2v) is 5.30. The van der Waals surface area contributed by atoms with Gasteiger partial charge in [0, 0.05) is 18.3 Å². The topological polar surface area (TPSA) is 29.3 Å². The first-order valence-corrected chi connectivity index (χ1v) is 7.34. The highest BCUT2D eigenvalue weighted by atomic mass is 15.1. The molecular weight excluding hydrogens is 244 g/mol. The first-order valence-electron chi connectivity index (χ1n) is 7.34. The van der Waals surface area contributed by atoms with Gasteiger partial charge in [-0.2, -0.15) is 0 Å². The number of benzene rings is 2. The van der Waals surface area contributed by atoms with Crippen molar-refractivity contribution in [2.45, 2.75) is 32.9 Å². The van der Waals surface area contributed by atoms with E-state index in [2.05, 4.69) is 61.2 Å². The van der Waals surface area contributed by atoms with Crippen molar-refractivity contribution in [1.29, 1.82) is 0 Å². The van der Waals surface area contributed by atoms with Crippen LogP contribution in [0.1, 0.15) is 37.4 Å². The van der Waals surface area contributed by atoms with Crippen LogP contribution in [0.2, 0.25) is 0 Å². The summed E-state index contributed by atoms with van der Waals surface area (Å²) in [5.41, 5.74) is 9.27. The van der Waals surface area contributed by atoms with Crippen LogP contribution < -0.4 is 5.73 Å². The average Bonchev–Trinajstić information content (AvgIpc) is 2.49. The Labute approximate surface area is 122 Å². The van der Waals surface area contributed by atoms with Crippen molar-refractivity contribution in [2.24, 2.45) is 0 Å². The quantitative estimate of drug-likeness (QED) is 0.794. The van der Waals surface area contributed by atoms with Gasteiger partial charge in [0.2, 0.25) is 0 Å². The van der Waals surface area contributed by atoms with Gasteiger partial charge in [-0.05, 0) is 43.1 Å². The smallest absolute Gasteiger partial charge is 0.0323 e. The average molecular weight is 268 g/mol. The molecule has 2 aromatic carbocycles. The minimum absolute atomic E-state index is 0.425. The highest BCUT2D eigenvalue weighted by molar-refractivity contribution is 5.39. The number of anilines is 1. The molecule has 0 saturated carbocycles. The van der Waals surface area contributed by atoms with Crippen molar-refractivity contribution in [2.75, 3.05) is 12.3 Å². The van der Waals surface area contributed by atoms with Gasteiger partial charge in [0.25, 0.3) is 0 Å². The van der Waals surface area contributed by atoms with Crippen molar-refractivity contribution in [3.63, 3.8) is 0 Å². The molecule has 2 N–H and O–H groups in total. The molecule has 1 unspecified atom stereocenters. The molecule has 0 bridgehead atoms. The standard InChI is InChI=1S/C18H24N2/c1-3-13-20(14-16-9-11-18(19)12-10-16)15(2)17-7-5-4-6-8-17/h4-12,15H,3,13-14,19H2,1-2H3. The lowest BCUT2D eigenvalue weighted by atomic mass is 10.1. The number of nitrogens with zero attached hydrogens (tertiary/aromatic N) is 1. The summed E-state index contributed by atoms with van der Waals surface area (Å²) < 4.78 is 0. The van der Waals surface area contributed by atoms with Crippen LogP contribution in [0.4, 0.5) is 5.69 Å². The fourth-order valence-electron chi connectivity index (χ4n) is 2.50. The maximum Gasteiger partial charge on any atom is 0.0323 e. The Balaban J connectivity index is 2.12. The van der Waals surface area contributed by atoms with Crippen LogP contribution in [0, 0.1) is 0 Å². The Hall–Kier alpha value is -1.80. The van der Waals surface area contributed by atoms with Gasteiger partial charge in [0.05, 0.1) is 0 Å². The Kier molecular flexibility index (Phi) is 5.19. The van der Waals surface area contributed by atoms with Crippen LogP contribution in [0.25, 0.3) is 0 Å². The van der Waals surface area contributed by atoms with Crippen molar-refractivity contribution >= 4 is 5.69 Å². The molecule has 0 radical (unpaired) electrons. The maximum absolute atomic E-state index is 5.75. The largest absolute Gasteiger partial charge is 0.399 e. The lowest BCUT2D eigenvalue weighted by Gasteiger charge is -2.29. The molecule has 2 rings (SSSR count). The molecule has 0 aliphatic heterocycles. The minimum atomic E-state index is 0.425. The van der Waals surface area contributed by atoms with Gasteiger partial charge in [-0.15, -0.1) is 0 Å². The molecule has 106 valence electrons. The number of hydrogen-bond donors (Lipinski definition) is 1. The monoisotopic (exact) mass is 268 g/mol. The summed E-state index contributed by atoms with van der Waals surface area (Å²) in [4.78, 5) is 2.51. The summed E-state index contributed by atoms with van der Waals surface area (Å²) in [5, 5.41) is 0. The summed E-state index contributed by atoms with van der Waals surface area (Å²) in [5.74, 6) is 0. The summed E-state index contributed by atoms with van der Waals surface area (Å²) in [7, 11) is 0. The van der Waals surface area contributed by atoms with Crippen LogP contribution >= 0.6 is 0 Å². The van der Waals surface area contributed by atoms with E-state index in [1.807, 2.05) is 12.1 Å². The third-order valence-electron chi connectivity index (χ3n) is 3.71. The van der Waals surface area contributed by atoms with Gasteiger partial charge in [0.1, 0.15) is 0 Å². The van der Waals surface area contributed by atoms with Crippen LogP contribution in [-0.2, 0) is 6.54 Å². The highest BCUT2D eigenvalue weighted by Gasteiger charge is 2.15. The number of rotatable bonds is 6. The predicted octanol–water partition coefficient (Wildman–Crippen LogP) is 4.24. The maximum atomic E-state index is 5.75. The third kappa shape index (κ3) is 3.84. The SMILES string of the molecule is CCCN(Cc1ccc(N)cc1)C(C)c1ccccc1. The Morgan fingerprint density at radius 2 is 1.65 bits per heavy atom. The number of hydrogen-bond acceptors (Lipinski definition) is 2. The van der Waals surface area contributed by atoms with Gasteiger partial charge in [-0.25, -0.2) is 0 Å². The lowest BCUT2D eigenvalue weighted by Crippen LogP contribution is -2.27. The second kappa shape index (κ2) is 7.11. The molecule has 20 heavy (non-hydrogen) atoms. The lowest BCUT2D eigenvalue weighted by molar-refractivity contribution is 0.202. The molecule has 0 aromatic heterocycles. The molecule has 2 nitrogen and oxygen atoms in total. The Morgan fingerprint density at radius 3 is 2.25 bits per heavy atom. The fraction of sp³-hybridized carbons (Fsp3) is 0.333. The number of nitrogens with two attached hydrogens (primary N) is 1.